The number of Topliss-reactive ketones (excluding diaryl/α,β-unsaturated/α-hetero) is 1. The van der Waals surface area contributed by atoms with Crippen LogP contribution < -0.4 is 0 Å². The summed E-state index contributed by atoms with van der Waals surface area (Å²) in [6, 6.07) is 0. The minimum Gasteiger partial charge on any atom is -0.393 e. The lowest BCUT2D eigenvalue weighted by Crippen LogP contribution is -2.50. The van der Waals surface area contributed by atoms with Crippen LogP contribution in [0.2, 0.25) is 0 Å². The third kappa shape index (κ3) is 8.06. The van der Waals surface area contributed by atoms with Crippen molar-refractivity contribution < 1.29 is 9.90 Å². The number of aliphatic hydroxyl groups is 1. The molecule has 322 valence electrons. The van der Waals surface area contributed by atoms with Gasteiger partial charge in [-0.25, -0.2) is 0 Å². The van der Waals surface area contributed by atoms with Gasteiger partial charge in [-0.05, 0) is 188 Å². The molecule has 0 radical (unpaired) electrons. The molecule has 2 nitrogen and oxygen atoms in total. The molecule has 1 N–H and O–H groups in total. The van der Waals surface area contributed by atoms with Crippen molar-refractivity contribution in [2.75, 3.05) is 0 Å². The maximum atomic E-state index is 12.1. The number of aliphatic hydroxyl groups excluding tert-OH is 1. The van der Waals surface area contributed by atoms with Crippen LogP contribution in [0.1, 0.15) is 198 Å². The molecule has 2 heteroatoms. The number of hydrogen-bond acceptors (Lipinski definition) is 2. The molecule has 0 amide bonds. The number of allylic oxidation sites excluding steroid dienone is 5. The summed E-state index contributed by atoms with van der Waals surface area (Å²) < 4.78 is 0. The van der Waals surface area contributed by atoms with Crippen LogP contribution in [0.25, 0.3) is 0 Å². The normalized spacial score (nSPS) is 45.4. The number of fused-ring (bicyclic) bond motifs is 10. The quantitative estimate of drug-likeness (QED) is 0.237. The zero-order valence-corrected chi connectivity index (χ0v) is 39.2. The molecule has 0 aromatic carbocycles. The molecule has 8 aliphatic carbocycles. The molecule has 0 heterocycles. The minimum absolute atomic E-state index is 0.0866. The largest absolute Gasteiger partial charge is 0.393 e. The molecule has 6 fully saturated rings. The van der Waals surface area contributed by atoms with Crippen LogP contribution >= 0.6 is 0 Å². The van der Waals surface area contributed by atoms with Gasteiger partial charge in [-0.15, -0.1) is 0 Å². The van der Waals surface area contributed by atoms with Gasteiger partial charge in [0.25, 0.3) is 0 Å². The first-order chi connectivity index (χ1) is 26.9. The third-order valence-electron chi connectivity index (χ3n) is 20.7. The Morgan fingerprint density at radius 3 is 1.86 bits per heavy atom. The monoisotopic (exact) mass is 783 g/mol. The van der Waals surface area contributed by atoms with Gasteiger partial charge >= 0.3 is 0 Å². The van der Waals surface area contributed by atoms with Crippen molar-refractivity contribution in [3.8, 4) is 0 Å². The fraction of sp³-hybridized carbons (Fsp3) is 0.873. The van der Waals surface area contributed by atoms with Crippen LogP contribution in [0.5, 0.6) is 0 Å². The van der Waals surface area contributed by atoms with Crippen molar-refractivity contribution in [2.24, 2.45) is 98.6 Å². The van der Waals surface area contributed by atoms with Crippen LogP contribution in [0.4, 0.5) is 0 Å². The lowest BCUT2D eigenvalue weighted by atomic mass is 9.47. The second-order valence-electron chi connectivity index (χ2n) is 24.2. The standard InChI is InChI=1S/C28H46O.C27H44O/c1-18(2)19(3)7-8-20(4)24-11-12-25-23-10-9-21-17-22(29)13-15-27(21,5)26(23)14-16-28(24,25)6;1-18(2)7-6-8-19(3)23-11-12-24-22-10-9-20-17-21(28)13-15-26(20,4)25(22)14-16-27(23,24)5/h7-9,18-20,22-26,29H,10-17H2,1-6H3;9,18-19,22-25H,6-8,10-17H2,1-5H3/b8-7+;/t19?,20-,22?,23?,24-,25?,26?,27+,28-;19-,22?,23-,24?,25?,26+,27-/m11/s1. The molecular formula is C55H90O2. The Labute approximate surface area is 352 Å². The van der Waals surface area contributed by atoms with Gasteiger partial charge in [0.05, 0.1) is 6.10 Å². The Hall–Kier alpha value is -1.15. The van der Waals surface area contributed by atoms with Crippen LogP contribution in [-0.2, 0) is 4.79 Å². The highest BCUT2D eigenvalue weighted by molar-refractivity contribution is 5.82. The van der Waals surface area contributed by atoms with E-state index in [9.17, 15) is 9.90 Å². The fourth-order valence-electron chi connectivity index (χ4n) is 16.8. The van der Waals surface area contributed by atoms with E-state index >= 15 is 0 Å². The Morgan fingerprint density at radius 1 is 0.667 bits per heavy atom. The smallest absolute Gasteiger partial charge is 0.136 e. The number of rotatable bonds is 9. The first-order valence-electron chi connectivity index (χ1n) is 25.2. The van der Waals surface area contributed by atoms with E-state index in [0.29, 0.717) is 39.3 Å². The van der Waals surface area contributed by atoms with E-state index in [0.717, 1.165) is 97.2 Å². The van der Waals surface area contributed by atoms with Crippen LogP contribution in [0, 0.1) is 98.6 Å². The Kier molecular flexibility index (Phi) is 13.1. The highest BCUT2D eigenvalue weighted by Crippen LogP contribution is 2.69. The highest BCUT2D eigenvalue weighted by Gasteiger charge is 2.60. The fourth-order valence-corrected chi connectivity index (χ4v) is 16.8. The summed E-state index contributed by atoms with van der Waals surface area (Å²) in [4.78, 5) is 12.1. The SMILES string of the molecule is CC(C)C(C)/C=C/[C@@H](C)[C@H]1CCC2C3CC=C4CC(O)CC[C@]4(C)C3CC[C@@]21C.CC(C)CCC[C@@H](C)[C@H]1CCC2C3CC=C4CC(=O)CC[C@]4(C)C3CC[C@@]21C. The summed E-state index contributed by atoms with van der Waals surface area (Å²) in [5, 5.41) is 10.2. The first-order valence-corrected chi connectivity index (χ1v) is 25.2. The summed E-state index contributed by atoms with van der Waals surface area (Å²) in [7, 11) is 0. The highest BCUT2D eigenvalue weighted by atomic mass is 16.3. The van der Waals surface area contributed by atoms with E-state index in [1.54, 1.807) is 5.57 Å². The van der Waals surface area contributed by atoms with Crippen LogP contribution in [0.3, 0.4) is 0 Å². The van der Waals surface area contributed by atoms with Crippen molar-refractivity contribution in [1.29, 1.82) is 0 Å². The van der Waals surface area contributed by atoms with Crippen molar-refractivity contribution >= 4 is 5.78 Å². The zero-order valence-electron chi connectivity index (χ0n) is 39.2. The first kappa shape index (κ1) is 43.9. The predicted molar refractivity (Wildman–Crippen MR) is 242 cm³/mol. The molecule has 0 bridgehead atoms. The molecule has 0 aliphatic heterocycles. The summed E-state index contributed by atoms with van der Waals surface area (Å²) in [5.41, 5.74) is 4.94. The maximum absolute atomic E-state index is 12.1. The molecule has 0 aromatic heterocycles. The van der Waals surface area contributed by atoms with Gasteiger partial charge in [0.15, 0.2) is 0 Å². The molecule has 16 atom stereocenters. The van der Waals surface area contributed by atoms with Gasteiger partial charge < -0.3 is 5.11 Å². The summed E-state index contributed by atoms with van der Waals surface area (Å²) in [5.74, 6) is 11.4. The van der Waals surface area contributed by atoms with E-state index in [1.807, 2.05) is 0 Å². The van der Waals surface area contributed by atoms with E-state index < -0.39 is 0 Å². The Morgan fingerprint density at radius 2 is 1.25 bits per heavy atom. The second kappa shape index (κ2) is 17.0. The number of carbonyl (C=O) groups excluding carboxylic acids is 1. The molecule has 6 saturated carbocycles. The molecule has 8 rings (SSSR count). The topological polar surface area (TPSA) is 37.3 Å². The average Bonchev–Trinajstić information content (AvgIpc) is 3.71. The average molecular weight is 783 g/mol. The zero-order chi connectivity index (χ0) is 41.1. The van der Waals surface area contributed by atoms with Crippen molar-refractivity contribution in [2.45, 2.75) is 204 Å². The van der Waals surface area contributed by atoms with E-state index in [1.165, 1.54) is 95.5 Å². The summed E-state index contributed by atoms with van der Waals surface area (Å²) in [6.45, 7) is 27.2. The lowest BCUT2D eigenvalue weighted by molar-refractivity contribution is -0.122. The molecule has 0 aromatic rings. The van der Waals surface area contributed by atoms with Gasteiger partial charge in [0.2, 0.25) is 0 Å². The second-order valence-corrected chi connectivity index (χ2v) is 24.2. The summed E-state index contributed by atoms with van der Waals surface area (Å²) >= 11 is 0. The van der Waals surface area contributed by atoms with Gasteiger partial charge in [-0.1, -0.05) is 131 Å². The maximum Gasteiger partial charge on any atom is 0.136 e. The summed E-state index contributed by atoms with van der Waals surface area (Å²) in [6.07, 6.45) is 34.3. The third-order valence-corrected chi connectivity index (χ3v) is 20.7. The van der Waals surface area contributed by atoms with Crippen molar-refractivity contribution in [1.82, 2.24) is 0 Å². The number of carbonyl (C=O) groups is 1. The minimum atomic E-state index is -0.0866. The number of hydrogen-bond donors (Lipinski definition) is 1. The predicted octanol–water partition coefficient (Wildman–Crippen LogP) is 15.0. The van der Waals surface area contributed by atoms with Gasteiger partial charge in [0, 0.05) is 12.8 Å². The lowest BCUT2D eigenvalue weighted by Gasteiger charge is -2.58. The Balaban J connectivity index is 0.000000174. The van der Waals surface area contributed by atoms with Crippen LogP contribution in [-0.4, -0.2) is 17.0 Å². The van der Waals surface area contributed by atoms with Gasteiger partial charge in [-0.3, -0.25) is 4.79 Å². The molecule has 8 aliphatic rings. The van der Waals surface area contributed by atoms with Crippen LogP contribution in [0.15, 0.2) is 35.5 Å². The van der Waals surface area contributed by atoms with Crippen molar-refractivity contribution in [3.63, 3.8) is 0 Å². The van der Waals surface area contributed by atoms with Crippen molar-refractivity contribution in [3.05, 3.63) is 35.5 Å². The molecule has 57 heavy (non-hydrogen) atoms. The number of ketones is 1. The van der Waals surface area contributed by atoms with Gasteiger partial charge in [0.1, 0.15) is 5.78 Å². The molecule has 0 spiro atoms. The molecule has 8 unspecified atom stereocenters. The van der Waals surface area contributed by atoms with E-state index in [4.69, 9.17) is 0 Å². The van der Waals surface area contributed by atoms with E-state index in [-0.39, 0.29) is 6.10 Å². The molecular weight excluding hydrogens is 693 g/mol. The molecule has 0 saturated heterocycles. The Bertz CT molecular complexity index is 1510. The van der Waals surface area contributed by atoms with E-state index in [2.05, 4.69) is 100 Å². The van der Waals surface area contributed by atoms with Gasteiger partial charge in [-0.2, -0.15) is 0 Å².